The van der Waals surface area contributed by atoms with Crippen molar-refractivity contribution in [1.82, 2.24) is 4.90 Å². The molecule has 0 aromatic carbocycles. The van der Waals surface area contributed by atoms with E-state index in [1.165, 1.54) is 12.8 Å². The van der Waals surface area contributed by atoms with E-state index in [0.717, 1.165) is 31.7 Å². The topological polar surface area (TPSA) is 20.3 Å². The number of amides is 1. The standard InChI is InChI=1S/C11H21NOS/c1-10-5-3-7-12(9-10)11(13)6-4-8-14-2/h10H,3-9H2,1-2H3. The van der Waals surface area contributed by atoms with Crippen LogP contribution >= 0.6 is 11.8 Å². The summed E-state index contributed by atoms with van der Waals surface area (Å²) in [5.74, 6) is 2.17. The summed E-state index contributed by atoms with van der Waals surface area (Å²) in [7, 11) is 0. The fourth-order valence-corrected chi connectivity index (χ4v) is 2.37. The number of carbonyl (C=O) groups is 1. The van der Waals surface area contributed by atoms with Crippen LogP contribution in [0.5, 0.6) is 0 Å². The van der Waals surface area contributed by atoms with Crippen LogP contribution in [0.3, 0.4) is 0 Å². The van der Waals surface area contributed by atoms with E-state index < -0.39 is 0 Å². The Morgan fingerprint density at radius 1 is 1.57 bits per heavy atom. The van der Waals surface area contributed by atoms with Gasteiger partial charge in [-0.25, -0.2) is 0 Å². The van der Waals surface area contributed by atoms with Gasteiger partial charge in [0, 0.05) is 19.5 Å². The number of hydrogen-bond acceptors (Lipinski definition) is 2. The van der Waals surface area contributed by atoms with E-state index in [4.69, 9.17) is 0 Å². The molecule has 1 saturated heterocycles. The number of piperidine rings is 1. The Labute approximate surface area is 91.4 Å². The van der Waals surface area contributed by atoms with E-state index in [9.17, 15) is 4.79 Å². The molecule has 0 radical (unpaired) electrons. The average Bonchev–Trinajstić information content (AvgIpc) is 2.18. The maximum Gasteiger partial charge on any atom is 0.222 e. The molecule has 1 unspecified atom stereocenters. The first-order valence-electron chi connectivity index (χ1n) is 5.50. The molecule has 0 saturated carbocycles. The van der Waals surface area contributed by atoms with Crippen LogP contribution in [-0.4, -0.2) is 35.9 Å². The van der Waals surface area contributed by atoms with E-state index in [-0.39, 0.29) is 0 Å². The molecule has 0 bridgehead atoms. The molecule has 3 heteroatoms. The van der Waals surface area contributed by atoms with Gasteiger partial charge in [-0.2, -0.15) is 11.8 Å². The minimum atomic E-state index is 0.366. The van der Waals surface area contributed by atoms with Crippen molar-refractivity contribution < 1.29 is 4.79 Å². The summed E-state index contributed by atoms with van der Waals surface area (Å²) in [5, 5.41) is 0. The molecule has 0 aromatic rings. The van der Waals surface area contributed by atoms with E-state index in [2.05, 4.69) is 18.1 Å². The van der Waals surface area contributed by atoms with Crippen molar-refractivity contribution in [3.05, 3.63) is 0 Å². The second kappa shape index (κ2) is 6.33. The van der Waals surface area contributed by atoms with E-state index in [1.54, 1.807) is 0 Å². The SMILES string of the molecule is CSCCCC(=O)N1CCCC(C)C1. The number of carbonyl (C=O) groups excluding carboxylic acids is 1. The van der Waals surface area contributed by atoms with Crippen molar-refractivity contribution in [2.45, 2.75) is 32.6 Å². The normalized spacial score (nSPS) is 22.4. The zero-order valence-corrected chi connectivity index (χ0v) is 10.1. The van der Waals surface area contributed by atoms with Crippen molar-refractivity contribution in [1.29, 1.82) is 0 Å². The minimum Gasteiger partial charge on any atom is -0.342 e. The smallest absolute Gasteiger partial charge is 0.222 e. The molecule has 0 aliphatic carbocycles. The molecule has 2 nitrogen and oxygen atoms in total. The zero-order valence-electron chi connectivity index (χ0n) is 9.29. The Hall–Kier alpha value is -0.180. The van der Waals surface area contributed by atoms with Gasteiger partial charge >= 0.3 is 0 Å². The van der Waals surface area contributed by atoms with Crippen molar-refractivity contribution in [2.24, 2.45) is 5.92 Å². The third-order valence-electron chi connectivity index (χ3n) is 2.75. The van der Waals surface area contributed by atoms with Crippen molar-refractivity contribution in [3.8, 4) is 0 Å². The first-order valence-corrected chi connectivity index (χ1v) is 6.90. The fourth-order valence-electron chi connectivity index (χ4n) is 1.94. The maximum atomic E-state index is 11.7. The van der Waals surface area contributed by atoms with Gasteiger partial charge in [0.15, 0.2) is 0 Å². The van der Waals surface area contributed by atoms with Gasteiger partial charge in [0.1, 0.15) is 0 Å². The molecule has 1 heterocycles. The van der Waals surface area contributed by atoms with Crippen molar-refractivity contribution in [3.63, 3.8) is 0 Å². The highest BCUT2D eigenvalue weighted by Gasteiger charge is 2.19. The van der Waals surface area contributed by atoms with Crippen LogP contribution in [0.2, 0.25) is 0 Å². The zero-order chi connectivity index (χ0) is 10.4. The first kappa shape index (κ1) is 11.9. The van der Waals surface area contributed by atoms with Crippen LogP contribution in [0.15, 0.2) is 0 Å². The number of rotatable bonds is 4. The number of hydrogen-bond donors (Lipinski definition) is 0. The monoisotopic (exact) mass is 215 g/mol. The van der Waals surface area contributed by atoms with Gasteiger partial charge in [-0.1, -0.05) is 6.92 Å². The molecule has 1 atom stereocenters. The molecular weight excluding hydrogens is 194 g/mol. The Bertz CT molecular complexity index is 184. The fraction of sp³-hybridized carbons (Fsp3) is 0.909. The van der Waals surface area contributed by atoms with Gasteiger partial charge < -0.3 is 4.90 Å². The van der Waals surface area contributed by atoms with Crippen LogP contribution < -0.4 is 0 Å². The predicted octanol–water partition coefficient (Wildman–Crippen LogP) is 2.39. The van der Waals surface area contributed by atoms with Crippen LogP contribution in [0, 0.1) is 5.92 Å². The molecule has 0 spiro atoms. The lowest BCUT2D eigenvalue weighted by Crippen LogP contribution is -2.39. The van der Waals surface area contributed by atoms with Crippen molar-refractivity contribution in [2.75, 3.05) is 25.1 Å². The van der Waals surface area contributed by atoms with Crippen molar-refractivity contribution >= 4 is 17.7 Å². The summed E-state index contributed by atoms with van der Waals surface area (Å²) in [4.78, 5) is 13.8. The molecule has 0 N–H and O–H groups in total. The van der Waals surface area contributed by atoms with E-state index in [1.807, 2.05) is 11.8 Å². The second-order valence-electron chi connectivity index (χ2n) is 4.18. The molecule has 82 valence electrons. The van der Waals surface area contributed by atoms with Gasteiger partial charge in [0.25, 0.3) is 0 Å². The molecule has 1 aliphatic heterocycles. The Kier molecular flexibility index (Phi) is 5.38. The lowest BCUT2D eigenvalue weighted by atomic mass is 10.00. The largest absolute Gasteiger partial charge is 0.342 e. The highest BCUT2D eigenvalue weighted by atomic mass is 32.2. The molecule has 1 aliphatic rings. The summed E-state index contributed by atoms with van der Waals surface area (Å²) in [6, 6.07) is 0. The highest BCUT2D eigenvalue weighted by Crippen LogP contribution is 2.16. The lowest BCUT2D eigenvalue weighted by Gasteiger charge is -2.31. The molecular formula is C11H21NOS. The van der Waals surface area contributed by atoms with Crippen LogP contribution in [0.25, 0.3) is 0 Å². The van der Waals surface area contributed by atoms with Crippen LogP contribution in [0.4, 0.5) is 0 Å². The summed E-state index contributed by atoms with van der Waals surface area (Å²) in [6.45, 7) is 4.21. The Morgan fingerprint density at radius 2 is 2.36 bits per heavy atom. The summed E-state index contributed by atoms with van der Waals surface area (Å²) in [6.07, 6.45) is 6.34. The third kappa shape index (κ3) is 3.91. The number of thioether (sulfide) groups is 1. The average molecular weight is 215 g/mol. The van der Waals surface area contributed by atoms with Crippen LogP contribution in [0.1, 0.15) is 32.6 Å². The van der Waals surface area contributed by atoms with Crippen LogP contribution in [-0.2, 0) is 4.79 Å². The van der Waals surface area contributed by atoms with E-state index >= 15 is 0 Å². The molecule has 1 amide bonds. The minimum absolute atomic E-state index is 0.366. The second-order valence-corrected chi connectivity index (χ2v) is 5.17. The van der Waals surface area contributed by atoms with Gasteiger partial charge in [-0.05, 0) is 37.2 Å². The number of nitrogens with zero attached hydrogens (tertiary/aromatic N) is 1. The molecule has 0 aromatic heterocycles. The highest BCUT2D eigenvalue weighted by molar-refractivity contribution is 7.98. The third-order valence-corrected chi connectivity index (χ3v) is 3.45. The van der Waals surface area contributed by atoms with Gasteiger partial charge in [0.05, 0.1) is 0 Å². The molecule has 14 heavy (non-hydrogen) atoms. The quantitative estimate of drug-likeness (QED) is 0.671. The first-order chi connectivity index (χ1) is 6.74. The Balaban J connectivity index is 2.22. The predicted molar refractivity (Wildman–Crippen MR) is 62.6 cm³/mol. The van der Waals surface area contributed by atoms with Gasteiger partial charge in [-0.15, -0.1) is 0 Å². The molecule has 1 fully saturated rings. The van der Waals surface area contributed by atoms with Gasteiger partial charge in [-0.3, -0.25) is 4.79 Å². The summed E-state index contributed by atoms with van der Waals surface area (Å²) < 4.78 is 0. The summed E-state index contributed by atoms with van der Waals surface area (Å²) in [5.41, 5.74) is 0. The lowest BCUT2D eigenvalue weighted by molar-refractivity contribution is -0.132. The maximum absolute atomic E-state index is 11.7. The van der Waals surface area contributed by atoms with Gasteiger partial charge in [0.2, 0.25) is 5.91 Å². The van der Waals surface area contributed by atoms with E-state index in [0.29, 0.717) is 11.8 Å². The summed E-state index contributed by atoms with van der Waals surface area (Å²) >= 11 is 1.82. The molecule has 1 rings (SSSR count). The number of likely N-dealkylation sites (tertiary alicyclic amines) is 1. The Morgan fingerprint density at radius 3 is 3.00 bits per heavy atom.